The minimum absolute atomic E-state index is 0.0172. The monoisotopic (exact) mass is 307 g/mol. The molecule has 1 amide bonds. The zero-order chi connectivity index (χ0) is 15.5. The first-order valence-corrected chi connectivity index (χ1v) is 8.55. The van der Waals surface area contributed by atoms with Gasteiger partial charge in [-0.1, -0.05) is 45.0 Å². The molecule has 0 radical (unpaired) electrons. The van der Waals surface area contributed by atoms with Crippen molar-refractivity contribution in [1.29, 1.82) is 0 Å². The Hall–Kier alpha value is -1.31. The molecule has 116 valence electrons. The second-order valence-corrected chi connectivity index (χ2v) is 6.01. The quantitative estimate of drug-likeness (QED) is 0.723. The average Bonchev–Trinajstić information content (AvgIpc) is 2.96. The van der Waals surface area contributed by atoms with E-state index in [1.807, 2.05) is 11.4 Å². The lowest BCUT2D eigenvalue weighted by Crippen LogP contribution is -2.28. The van der Waals surface area contributed by atoms with Crippen molar-refractivity contribution in [1.82, 2.24) is 5.32 Å². The maximum atomic E-state index is 12.1. The van der Waals surface area contributed by atoms with Crippen LogP contribution in [0.3, 0.4) is 0 Å². The van der Waals surface area contributed by atoms with E-state index in [4.69, 9.17) is 5.11 Å². The lowest BCUT2D eigenvalue weighted by Gasteiger charge is -2.14. The molecule has 0 bridgehead atoms. The van der Waals surface area contributed by atoms with Crippen LogP contribution in [0.4, 0.5) is 0 Å². The van der Waals surface area contributed by atoms with Crippen LogP contribution >= 0.6 is 11.3 Å². The van der Waals surface area contributed by atoms with Crippen molar-refractivity contribution in [2.24, 2.45) is 5.92 Å². The second-order valence-electron chi connectivity index (χ2n) is 5.10. The van der Waals surface area contributed by atoms with Crippen LogP contribution in [0.5, 0.6) is 0 Å². The summed E-state index contributed by atoms with van der Waals surface area (Å²) in [5.41, 5.74) is 0.679. The Morgan fingerprint density at radius 2 is 2.29 bits per heavy atom. The molecule has 0 fully saturated rings. The first-order valence-electron chi connectivity index (χ1n) is 7.67. The van der Waals surface area contributed by atoms with E-state index in [9.17, 15) is 4.79 Å². The number of aliphatic hydroxyl groups excluding tert-OH is 1. The number of amides is 1. The first-order chi connectivity index (χ1) is 10.2. The van der Waals surface area contributed by atoms with Gasteiger partial charge in [0.1, 0.15) is 0 Å². The van der Waals surface area contributed by atoms with Crippen LogP contribution < -0.4 is 5.32 Å². The summed E-state index contributed by atoms with van der Waals surface area (Å²) in [6.45, 7) is 5.18. The van der Waals surface area contributed by atoms with Crippen LogP contribution in [-0.2, 0) is 0 Å². The number of carbonyl (C=O) groups is 1. The van der Waals surface area contributed by atoms with Gasteiger partial charge in [-0.05, 0) is 18.4 Å². The van der Waals surface area contributed by atoms with Gasteiger partial charge in [-0.25, -0.2) is 0 Å². The summed E-state index contributed by atoms with van der Waals surface area (Å²) < 4.78 is 0. The van der Waals surface area contributed by atoms with Gasteiger partial charge in [0.2, 0.25) is 0 Å². The van der Waals surface area contributed by atoms with Crippen molar-refractivity contribution < 1.29 is 9.90 Å². The van der Waals surface area contributed by atoms with Crippen molar-refractivity contribution >= 4 is 17.2 Å². The van der Waals surface area contributed by atoms with Crippen LogP contribution in [0, 0.1) is 17.8 Å². The predicted molar refractivity (Wildman–Crippen MR) is 88.5 cm³/mol. The van der Waals surface area contributed by atoms with E-state index < -0.39 is 0 Å². The Morgan fingerprint density at radius 3 is 2.95 bits per heavy atom. The Bertz CT molecular complexity index is 484. The third-order valence-electron chi connectivity index (χ3n) is 3.40. The third-order valence-corrected chi connectivity index (χ3v) is 4.25. The number of rotatable bonds is 8. The van der Waals surface area contributed by atoms with Crippen molar-refractivity contribution in [3.63, 3.8) is 0 Å². The number of hydrogen-bond acceptors (Lipinski definition) is 3. The molecule has 0 saturated heterocycles. The smallest absolute Gasteiger partial charge is 0.252 e. The number of aliphatic hydroxyl groups is 1. The Balaban J connectivity index is 2.47. The van der Waals surface area contributed by atoms with Crippen LogP contribution in [0.25, 0.3) is 0 Å². The molecule has 1 atom stereocenters. The average molecular weight is 307 g/mol. The normalized spacial score (nSPS) is 11.6. The highest BCUT2D eigenvalue weighted by Gasteiger charge is 2.11. The molecular formula is C17H25NO2S. The summed E-state index contributed by atoms with van der Waals surface area (Å²) in [7, 11) is 0. The highest BCUT2D eigenvalue weighted by atomic mass is 32.1. The minimum atomic E-state index is -0.0172. The maximum absolute atomic E-state index is 12.1. The fourth-order valence-electron chi connectivity index (χ4n) is 2.01. The molecule has 1 heterocycles. The molecule has 1 unspecified atom stereocenters. The SMILES string of the molecule is CCCCC(CC)CNC(=O)c1csc(C#CCCO)c1. The van der Waals surface area contributed by atoms with E-state index in [1.165, 1.54) is 30.6 Å². The van der Waals surface area contributed by atoms with E-state index in [-0.39, 0.29) is 12.5 Å². The van der Waals surface area contributed by atoms with Gasteiger partial charge in [-0.3, -0.25) is 4.79 Å². The molecule has 0 aliphatic rings. The largest absolute Gasteiger partial charge is 0.395 e. The van der Waals surface area contributed by atoms with Crippen LogP contribution in [0.2, 0.25) is 0 Å². The van der Waals surface area contributed by atoms with Gasteiger partial charge in [0.15, 0.2) is 0 Å². The molecule has 21 heavy (non-hydrogen) atoms. The van der Waals surface area contributed by atoms with E-state index in [0.29, 0.717) is 17.9 Å². The van der Waals surface area contributed by atoms with Crippen molar-refractivity contribution in [2.75, 3.05) is 13.2 Å². The van der Waals surface area contributed by atoms with Crippen molar-refractivity contribution in [3.8, 4) is 11.8 Å². The summed E-state index contributed by atoms with van der Waals surface area (Å²) >= 11 is 1.47. The zero-order valence-electron chi connectivity index (χ0n) is 12.9. The fourth-order valence-corrected chi connectivity index (χ4v) is 2.76. The lowest BCUT2D eigenvalue weighted by molar-refractivity contribution is 0.0946. The van der Waals surface area contributed by atoms with Gasteiger partial charge in [-0.2, -0.15) is 0 Å². The summed E-state index contributed by atoms with van der Waals surface area (Å²) in [6, 6.07) is 1.82. The minimum Gasteiger partial charge on any atom is -0.395 e. The second kappa shape index (κ2) is 10.4. The van der Waals surface area contributed by atoms with Gasteiger partial charge < -0.3 is 10.4 Å². The van der Waals surface area contributed by atoms with Crippen molar-refractivity contribution in [3.05, 3.63) is 21.9 Å². The first kappa shape index (κ1) is 17.7. The van der Waals surface area contributed by atoms with Gasteiger partial charge in [0, 0.05) is 18.3 Å². The predicted octanol–water partition coefficient (Wildman–Crippen LogP) is 3.43. The van der Waals surface area contributed by atoms with Gasteiger partial charge in [0.05, 0.1) is 17.0 Å². The number of hydrogen-bond donors (Lipinski definition) is 2. The maximum Gasteiger partial charge on any atom is 0.252 e. The van der Waals surface area contributed by atoms with E-state index in [0.717, 1.165) is 17.8 Å². The van der Waals surface area contributed by atoms with Gasteiger partial charge >= 0.3 is 0 Å². The lowest BCUT2D eigenvalue weighted by atomic mass is 9.99. The number of nitrogens with one attached hydrogen (secondary N) is 1. The summed E-state index contributed by atoms with van der Waals surface area (Å²) in [4.78, 5) is 13.0. The molecule has 2 N–H and O–H groups in total. The number of unbranched alkanes of at least 4 members (excludes halogenated alkanes) is 1. The molecule has 1 rings (SSSR count). The summed E-state index contributed by atoms with van der Waals surface area (Å²) in [5, 5.41) is 13.5. The van der Waals surface area contributed by atoms with Crippen LogP contribution in [0.1, 0.15) is 61.2 Å². The summed E-state index contributed by atoms with van der Waals surface area (Å²) in [5.74, 6) is 6.37. The summed E-state index contributed by atoms with van der Waals surface area (Å²) in [6.07, 6.45) is 5.16. The Morgan fingerprint density at radius 1 is 1.48 bits per heavy atom. The molecule has 0 spiro atoms. The van der Waals surface area contributed by atoms with E-state index >= 15 is 0 Å². The van der Waals surface area contributed by atoms with E-state index in [1.54, 1.807) is 0 Å². The molecule has 0 aromatic carbocycles. The number of thiophene rings is 1. The standard InChI is InChI=1S/C17H25NO2S/c1-3-5-8-14(4-2)12-18-17(20)15-11-16(21-13-15)9-6-7-10-19/h11,13-14,19H,3-5,7-8,10,12H2,1-2H3,(H,18,20). The van der Waals surface area contributed by atoms with Crippen LogP contribution in [-0.4, -0.2) is 24.2 Å². The molecule has 0 saturated carbocycles. The van der Waals surface area contributed by atoms with Crippen LogP contribution in [0.15, 0.2) is 11.4 Å². The van der Waals surface area contributed by atoms with Gasteiger partial charge in [0.25, 0.3) is 5.91 Å². The highest BCUT2D eigenvalue weighted by molar-refractivity contribution is 7.10. The molecule has 0 aliphatic carbocycles. The Kier molecular flexibility index (Phi) is 8.80. The fraction of sp³-hybridized carbons (Fsp3) is 0.588. The zero-order valence-corrected chi connectivity index (χ0v) is 13.8. The van der Waals surface area contributed by atoms with Gasteiger partial charge in [-0.15, -0.1) is 11.3 Å². The molecule has 3 nitrogen and oxygen atoms in total. The molecule has 4 heteroatoms. The molecule has 1 aromatic heterocycles. The van der Waals surface area contributed by atoms with E-state index in [2.05, 4.69) is 31.0 Å². The molecule has 1 aromatic rings. The van der Waals surface area contributed by atoms with Crippen molar-refractivity contribution in [2.45, 2.75) is 46.0 Å². The Labute approximate surface area is 131 Å². The topological polar surface area (TPSA) is 49.3 Å². The third kappa shape index (κ3) is 6.79. The highest BCUT2D eigenvalue weighted by Crippen LogP contribution is 2.15. The number of carbonyl (C=O) groups excluding carboxylic acids is 1. The molecular weight excluding hydrogens is 282 g/mol. The molecule has 0 aliphatic heterocycles.